The first-order chi connectivity index (χ1) is 7.44. The molecule has 0 atom stereocenters. The molecular weight excluding hydrogens is 252 g/mol. The summed E-state index contributed by atoms with van der Waals surface area (Å²) >= 11 is 1.15. The summed E-state index contributed by atoms with van der Waals surface area (Å²) in [5, 5.41) is 4.24. The second kappa shape index (κ2) is 5.23. The van der Waals surface area contributed by atoms with Gasteiger partial charge in [0.15, 0.2) is 5.13 Å². The molecule has 0 saturated heterocycles. The number of carbonyl (C=O) groups is 1. The monoisotopic (exact) mass is 264 g/mol. The van der Waals surface area contributed by atoms with Gasteiger partial charge in [-0.15, -0.1) is 11.3 Å². The van der Waals surface area contributed by atoms with Crippen molar-refractivity contribution in [1.29, 1.82) is 0 Å². The van der Waals surface area contributed by atoms with Crippen LogP contribution < -0.4 is 15.8 Å². The highest BCUT2D eigenvalue weighted by Gasteiger charge is 2.11. The Kier molecular flexibility index (Phi) is 4.21. The van der Waals surface area contributed by atoms with Gasteiger partial charge in [0, 0.05) is 11.9 Å². The molecule has 9 heteroatoms. The number of rotatable bonds is 5. The van der Waals surface area contributed by atoms with Crippen LogP contribution in [0.5, 0.6) is 0 Å². The Labute approximate surface area is 97.1 Å². The fourth-order valence-electron chi connectivity index (χ4n) is 0.883. The number of nitrogens with two attached hydrogens (primary N) is 1. The Morgan fingerprint density at radius 3 is 2.81 bits per heavy atom. The van der Waals surface area contributed by atoms with Crippen molar-refractivity contribution >= 4 is 32.4 Å². The third-order valence-electron chi connectivity index (χ3n) is 1.72. The quantitative estimate of drug-likeness (QED) is 0.631. The number of amides is 1. The van der Waals surface area contributed by atoms with Gasteiger partial charge in [0.05, 0.1) is 5.75 Å². The van der Waals surface area contributed by atoms with E-state index in [1.165, 1.54) is 12.4 Å². The Balaban J connectivity index is 2.43. The standard InChI is InChI=1S/C7H12N4O3S2/c1-9-16(13,14)3-2-10-6(12)5-4-15-7(8)11-5/h4,9H,2-3H2,1H3,(H2,8,11)(H,10,12). The summed E-state index contributed by atoms with van der Waals surface area (Å²) in [6.07, 6.45) is 0. The Morgan fingerprint density at radius 2 is 2.31 bits per heavy atom. The van der Waals surface area contributed by atoms with Crippen molar-refractivity contribution in [3.63, 3.8) is 0 Å². The number of nitrogens with zero attached hydrogens (tertiary/aromatic N) is 1. The first kappa shape index (κ1) is 12.9. The van der Waals surface area contributed by atoms with E-state index in [2.05, 4.69) is 15.0 Å². The first-order valence-electron chi connectivity index (χ1n) is 4.35. The zero-order chi connectivity index (χ0) is 12.2. The van der Waals surface area contributed by atoms with E-state index in [4.69, 9.17) is 5.73 Å². The lowest BCUT2D eigenvalue weighted by Crippen LogP contribution is -2.33. The van der Waals surface area contributed by atoms with Gasteiger partial charge in [0.1, 0.15) is 5.69 Å². The summed E-state index contributed by atoms with van der Waals surface area (Å²) in [6.45, 7) is 0.0272. The van der Waals surface area contributed by atoms with Crippen molar-refractivity contribution in [3.05, 3.63) is 11.1 Å². The Hall–Kier alpha value is -1.19. The molecule has 1 aromatic heterocycles. The molecule has 1 rings (SSSR count). The number of aromatic nitrogens is 1. The summed E-state index contributed by atoms with van der Waals surface area (Å²) in [5.74, 6) is -0.603. The summed E-state index contributed by atoms with van der Waals surface area (Å²) in [5.41, 5.74) is 5.56. The minimum atomic E-state index is -3.30. The van der Waals surface area contributed by atoms with Crippen LogP contribution in [-0.2, 0) is 10.0 Å². The van der Waals surface area contributed by atoms with E-state index in [0.717, 1.165) is 11.3 Å². The summed E-state index contributed by atoms with van der Waals surface area (Å²) in [4.78, 5) is 15.2. The first-order valence-corrected chi connectivity index (χ1v) is 6.88. The van der Waals surface area contributed by atoms with Crippen LogP contribution in [0.4, 0.5) is 5.13 Å². The van der Waals surface area contributed by atoms with E-state index in [0.29, 0.717) is 5.13 Å². The van der Waals surface area contributed by atoms with Crippen LogP contribution in [0.1, 0.15) is 10.5 Å². The van der Waals surface area contributed by atoms with Gasteiger partial charge in [-0.25, -0.2) is 18.1 Å². The molecule has 0 aromatic carbocycles. The third kappa shape index (κ3) is 3.76. The highest BCUT2D eigenvalue weighted by atomic mass is 32.2. The number of nitrogen functional groups attached to an aromatic ring is 1. The molecule has 0 spiro atoms. The van der Waals surface area contributed by atoms with Gasteiger partial charge in [-0.1, -0.05) is 0 Å². The molecule has 0 bridgehead atoms. The highest BCUT2D eigenvalue weighted by Crippen LogP contribution is 2.10. The number of nitrogens with one attached hydrogen (secondary N) is 2. The zero-order valence-corrected chi connectivity index (χ0v) is 10.2. The van der Waals surface area contributed by atoms with Crippen LogP contribution in [0.3, 0.4) is 0 Å². The van der Waals surface area contributed by atoms with Gasteiger partial charge in [0.2, 0.25) is 10.0 Å². The van der Waals surface area contributed by atoms with E-state index >= 15 is 0 Å². The minimum absolute atomic E-state index is 0.0272. The van der Waals surface area contributed by atoms with Crippen LogP contribution in [-0.4, -0.2) is 38.7 Å². The molecule has 0 aliphatic carbocycles. The summed E-state index contributed by atoms with van der Waals surface area (Å²) in [6, 6.07) is 0. The maximum Gasteiger partial charge on any atom is 0.270 e. The second-order valence-corrected chi connectivity index (χ2v) is 5.79. The van der Waals surface area contributed by atoms with Crippen LogP contribution in [0.25, 0.3) is 0 Å². The van der Waals surface area contributed by atoms with Crippen molar-refractivity contribution in [3.8, 4) is 0 Å². The van der Waals surface area contributed by atoms with Gasteiger partial charge >= 0.3 is 0 Å². The normalized spacial score (nSPS) is 11.3. The second-order valence-electron chi connectivity index (χ2n) is 2.85. The molecular formula is C7H12N4O3S2. The van der Waals surface area contributed by atoms with E-state index < -0.39 is 15.9 Å². The number of hydrogen-bond acceptors (Lipinski definition) is 6. The topological polar surface area (TPSA) is 114 Å². The minimum Gasteiger partial charge on any atom is -0.375 e. The van der Waals surface area contributed by atoms with Crippen LogP contribution in [0, 0.1) is 0 Å². The molecule has 0 unspecified atom stereocenters. The largest absolute Gasteiger partial charge is 0.375 e. The van der Waals surface area contributed by atoms with Crippen molar-refractivity contribution in [1.82, 2.24) is 15.0 Å². The lowest BCUT2D eigenvalue weighted by Gasteiger charge is -2.03. The van der Waals surface area contributed by atoms with Crippen molar-refractivity contribution in [2.75, 3.05) is 25.1 Å². The van der Waals surface area contributed by atoms with Gasteiger partial charge in [-0.2, -0.15) is 0 Å². The van der Waals surface area contributed by atoms with Crippen molar-refractivity contribution in [2.45, 2.75) is 0 Å². The Morgan fingerprint density at radius 1 is 1.62 bits per heavy atom. The lowest BCUT2D eigenvalue weighted by atomic mass is 10.4. The van der Waals surface area contributed by atoms with Gasteiger partial charge in [0.25, 0.3) is 5.91 Å². The molecule has 90 valence electrons. The summed E-state index contributed by atoms with van der Waals surface area (Å²) < 4.78 is 24.2. The number of sulfonamides is 1. The lowest BCUT2D eigenvalue weighted by molar-refractivity contribution is 0.0952. The summed E-state index contributed by atoms with van der Waals surface area (Å²) in [7, 11) is -1.98. The zero-order valence-electron chi connectivity index (χ0n) is 8.56. The molecule has 1 aromatic rings. The van der Waals surface area contributed by atoms with Gasteiger partial charge < -0.3 is 11.1 Å². The number of anilines is 1. The molecule has 0 fully saturated rings. The Bertz CT molecular complexity index is 468. The molecule has 0 radical (unpaired) electrons. The molecule has 7 nitrogen and oxygen atoms in total. The van der Waals surface area contributed by atoms with Crippen molar-refractivity contribution in [2.24, 2.45) is 0 Å². The molecule has 0 aliphatic rings. The van der Waals surface area contributed by atoms with E-state index in [9.17, 15) is 13.2 Å². The van der Waals surface area contributed by atoms with Gasteiger partial charge in [-0.3, -0.25) is 4.79 Å². The number of hydrogen-bond donors (Lipinski definition) is 3. The average molecular weight is 264 g/mol. The van der Waals surface area contributed by atoms with E-state index in [-0.39, 0.29) is 18.0 Å². The van der Waals surface area contributed by atoms with Crippen LogP contribution in [0.15, 0.2) is 5.38 Å². The van der Waals surface area contributed by atoms with Crippen molar-refractivity contribution < 1.29 is 13.2 Å². The molecule has 4 N–H and O–H groups in total. The SMILES string of the molecule is CNS(=O)(=O)CCNC(=O)c1csc(N)n1. The molecule has 0 saturated carbocycles. The smallest absolute Gasteiger partial charge is 0.270 e. The maximum absolute atomic E-state index is 11.4. The van der Waals surface area contributed by atoms with E-state index in [1.807, 2.05) is 0 Å². The van der Waals surface area contributed by atoms with Crippen LogP contribution >= 0.6 is 11.3 Å². The number of carbonyl (C=O) groups excluding carboxylic acids is 1. The molecule has 16 heavy (non-hydrogen) atoms. The predicted molar refractivity (Wildman–Crippen MR) is 61.7 cm³/mol. The van der Waals surface area contributed by atoms with E-state index in [1.54, 1.807) is 0 Å². The fourth-order valence-corrected chi connectivity index (χ4v) is 2.00. The molecule has 1 amide bonds. The molecule has 1 heterocycles. The average Bonchev–Trinajstić information content (AvgIpc) is 2.64. The highest BCUT2D eigenvalue weighted by molar-refractivity contribution is 7.89. The van der Waals surface area contributed by atoms with Crippen LogP contribution in [0.2, 0.25) is 0 Å². The molecule has 0 aliphatic heterocycles. The number of thiazole rings is 1. The maximum atomic E-state index is 11.4. The van der Waals surface area contributed by atoms with Gasteiger partial charge in [-0.05, 0) is 7.05 Å². The fraction of sp³-hybridized carbons (Fsp3) is 0.429. The third-order valence-corrected chi connectivity index (χ3v) is 3.76. The predicted octanol–water partition coefficient (Wildman–Crippen LogP) is -0.996.